The van der Waals surface area contributed by atoms with Gasteiger partial charge in [-0.2, -0.15) is 0 Å². The predicted octanol–water partition coefficient (Wildman–Crippen LogP) is 4.04. The normalized spacial score (nSPS) is 15.9. The molecule has 0 saturated carbocycles. The van der Waals surface area contributed by atoms with E-state index in [1.807, 2.05) is 55.4 Å². The average Bonchev–Trinajstić information content (AvgIpc) is 3.08. The Balaban J connectivity index is 1.76. The Bertz CT molecular complexity index is 1410. The lowest BCUT2D eigenvalue weighted by Gasteiger charge is -2.27. The van der Waals surface area contributed by atoms with E-state index in [0.29, 0.717) is 29.6 Å². The fourth-order valence-corrected chi connectivity index (χ4v) is 6.12. The van der Waals surface area contributed by atoms with Crippen LogP contribution in [0.3, 0.4) is 0 Å². The van der Waals surface area contributed by atoms with Gasteiger partial charge in [0.05, 0.1) is 29.2 Å². The van der Waals surface area contributed by atoms with Gasteiger partial charge in [-0.1, -0.05) is 18.2 Å². The largest absolute Gasteiger partial charge is 0.475 e. The first-order chi connectivity index (χ1) is 19.0. The lowest BCUT2D eigenvalue weighted by Crippen LogP contribution is -2.38. The maximum absolute atomic E-state index is 13.7. The molecule has 3 aromatic rings. The van der Waals surface area contributed by atoms with Crippen molar-refractivity contribution >= 4 is 34.0 Å². The molecule has 0 bridgehead atoms. The van der Waals surface area contributed by atoms with Gasteiger partial charge in [-0.25, -0.2) is 9.19 Å². The van der Waals surface area contributed by atoms with Crippen molar-refractivity contribution in [1.29, 1.82) is 0 Å². The van der Waals surface area contributed by atoms with E-state index >= 15 is 0 Å². The van der Waals surface area contributed by atoms with Crippen molar-refractivity contribution < 1.29 is 18.8 Å². The molecule has 1 aliphatic rings. The van der Waals surface area contributed by atoms with Gasteiger partial charge in [0.15, 0.2) is 11.0 Å². The average molecular weight is 566 g/mol. The zero-order valence-corrected chi connectivity index (χ0v) is 24.6. The first-order valence-electron chi connectivity index (χ1n) is 13.5. The van der Waals surface area contributed by atoms with E-state index in [-0.39, 0.29) is 24.8 Å². The van der Waals surface area contributed by atoms with Gasteiger partial charge in [0.1, 0.15) is 11.5 Å². The minimum absolute atomic E-state index is 0.137. The Labute approximate surface area is 238 Å². The Morgan fingerprint density at radius 2 is 2.02 bits per heavy atom. The van der Waals surface area contributed by atoms with Crippen LogP contribution in [0.15, 0.2) is 53.6 Å². The number of nitrogen functional groups attached to an aromatic ring is 1. The van der Waals surface area contributed by atoms with Crippen molar-refractivity contribution in [2.45, 2.75) is 57.5 Å². The molecule has 2 unspecified atom stereocenters. The molecule has 2 heterocycles. The fourth-order valence-electron chi connectivity index (χ4n) is 4.81. The number of hydrogen-bond donors (Lipinski definition) is 4. The predicted molar refractivity (Wildman–Crippen MR) is 160 cm³/mol. The third kappa shape index (κ3) is 6.56. The van der Waals surface area contributed by atoms with Gasteiger partial charge in [-0.15, -0.1) is 0 Å². The Kier molecular flexibility index (Phi) is 9.00. The number of nitrogens with two attached hydrogens (primary N) is 1. The van der Waals surface area contributed by atoms with Crippen LogP contribution in [-0.4, -0.2) is 52.0 Å². The van der Waals surface area contributed by atoms with E-state index in [1.54, 1.807) is 32.2 Å². The molecule has 5 N–H and O–H groups in total. The van der Waals surface area contributed by atoms with E-state index in [0.717, 1.165) is 40.2 Å². The van der Waals surface area contributed by atoms with Gasteiger partial charge in [0.2, 0.25) is 11.8 Å². The van der Waals surface area contributed by atoms with Gasteiger partial charge in [-0.05, 0) is 81.1 Å². The summed E-state index contributed by atoms with van der Waals surface area (Å²) in [5, 5.41) is 16.3. The molecule has 214 valence electrons. The van der Waals surface area contributed by atoms with Crippen LogP contribution < -0.4 is 25.4 Å². The molecule has 0 aliphatic carbocycles. The molecule has 9 nitrogen and oxygen atoms in total. The summed E-state index contributed by atoms with van der Waals surface area (Å²) in [7, 11) is -1.52. The number of benzene rings is 2. The van der Waals surface area contributed by atoms with Gasteiger partial charge >= 0.3 is 0 Å². The quantitative estimate of drug-likeness (QED) is 0.288. The molecule has 0 spiro atoms. The topological polar surface area (TPSA) is 130 Å². The molecule has 40 heavy (non-hydrogen) atoms. The zero-order valence-electron chi connectivity index (χ0n) is 23.8. The standard InChI is InChI=1S/C30H39N5O4S/c1-6-32-24-12-11-22(20(3)28(24)31)23(17-27(36)34-18-30(4,5)37)21-10-9-19(2)25(16-21)35-14-15-39-29-26(40(35)38)8-7-13-33-29/h7-13,16,23,32,37H,6,14-15,17-18,31H2,1-5H3,(H,34,36). The molecule has 1 aliphatic heterocycles. The number of aromatic nitrogens is 1. The summed E-state index contributed by atoms with van der Waals surface area (Å²) in [6.07, 6.45) is 1.78. The summed E-state index contributed by atoms with van der Waals surface area (Å²) in [6, 6.07) is 13.5. The highest BCUT2D eigenvalue weighted by molar-refractivity contribution is 7.86. The van der Waals surface area contributed by atoms with Crippen LogP contribution in [0.4, 0.5) is 17.1 Å². The Hall–Kier alpha value is -3.63. The van der Waals surface area contributed by atoms with Crippen molar-refractivity contribution in [2.75, 3.05) is 41.6 Å². The molecular weight excluding hydrogens is 526 g/mol. The minimum Gasteiger partial charge on any atom is -0.475 e. The number of rotatable bonds is 9. The number of nitrogens with one attached hydrogen (secondary N) is 2. The number of pyridine rings is 1. The third-order valence-electron chi connectivity index (χ3n) is 6.97. The summed E-state index contributed by atoms with van der Waals surface area (Å²) >= 11 is 0. The zero-order chi connectivity index (χ0) is 29.0. The van der Waals surface area contributed by atoms with Crippen molar-refractivity contribution in [3.63, 3.8) is 0 Å². The molecular formula is C30H39N5O4S. The number of amides is 1. The number of hydrogen-bond acceptors (Lipinski definition) is 7. The van der Waals surface area contributed by atoms with Crippen molar-refractivity contribution in [1.82, 2.24) is 10.3 Å². The van der Waals surface area contributed by atoms with Crippen LogP contribution in [0.5, 0.6) is 5.88 Å². The molecule has 2 aromatic carbocycles. The van der Waals surface area contributed by atoms with Crippen molar-refractivity contribution in [3.8, 4) is 5.88 Å². The van der Waals surface area contributed by atoms with E-state index in [2.05, 4.69) is 15.6 Å². The number of nitrogens with zero attached hydrogens (tertiary/aromatic N) is 2. The summed E-state index contributed by atoms with van der Waals surface area (Å²) in [5.41, 5.74) is 11.5. The molecule has 4 rings (SSSR count). The number of anilines is 3. The maximum Gasteiger partial charge on any atom is 0.231 e. The SMILES string of the molecule is CCNc1ccc(C(CC(=O)NCC(C)(C)O)c2ccc(C)c(N3CCOc4ncccc4S3=O)c2)c(C)c1N. The van der Waals surface area contributed by atoms with E-state index in [9.17, 15) is 14.1 Å². The number of carbonyl (C=O) groups is 1. The molecule has 1 aromatic heterocycles. The van der Waals surface area contributed by atoms with Crippen LogP contribution >= 0.6 is 0 Å². The van der Waals surface area contributed by atoms with Crippen LogP contribution in [0.25, 0.3) is 0 Å². The lowest BCUT2D eigenvalue weighted by molar-refractivity contribution is -0.122. The highest BCUT2D eigenvalue weighted by Gasteiger charge is 2.28. The first kappa shape index (κ1) is 29.4. The van der Waals surface area contributed by atoms with E-state index in [1.165, 1.54) is 0 Å². The number of ether oxygens (including phenoxy) is 1. The summed E-state index contributed by atoms with van der Waals surface area (Å²) in [4.78, 5) is 17.9. The summed E-state index contributed by atoms with van der Waals surface area (Å²) in [5.74, 6) is -0.134. The Morgan fingerprint density at radius 3 is 2.75 bits per heavy atom. The monoisotopic (exact) mass is 565 g/mol. The van der Waals surface area contributed by atoms with Crippen LogP contribution in [0.2, 0.25) is 0 Å². The molecule has 10 heteroatoms. The second-order valence-electron chi connectivity index (χ2n) is 10.7. The van der Waals surface area contributed by atoms with Gasteiger partial charge in [-0.3, -0.25) is 9.10 Å². The fraction of sp³-hybridized carbons (Fsp3) is 0.400. The molecule has 0 fully saturated rings. The van der Waals surface area contributed by atoms with E-state index in [4.69, 9.17) is 10.5 Å². The first-order valence-corrected chi connectivity index (χ1v) is 14.6. The lowest BCUT2D eigenvalue weighted by atomic mass is 9.84. The minimum atomic E-state index is -1.52. The second-order valence-corrected chi connectivity index (χ2v) is 12.0. The number of carbonyl (C=O) groups excluding carboxylic acids is 1. The van der Waals surface area contributed by atoms with Gasteiger partial charge in [0, 0.05) is 31.6 Å². The van der Waals surface area contributed by atoms with Crippen LogP contribution in [-0.2, 0) is 15.8 Å². The van der Waals surface area contributed by atoms with Crippen LogP contribution in [0.1, 0.15) is 55.4 Å². The van der Waals surface area contributed by atoms with Gasteiger partial charge in [0.25, 0.3) is 0 Å². The molecule has 0 saturated heterocycles. The van der Waals surface area contributed by atoms with E-state index < -0.39 is 16.6 Å². The molecule has 1 amide bonds. The molecule has 0 radical (unpaired) electrons. The second kappa shape index (κ2) is 12.3. The number of aliphatic hydroxyl groups is 1. The van der Waals surface area contributed by atoms with Crippen LogP contribution in [0, 0.1) is 13.8 Å². The number of fused-ring (bicyclic) bond motifs is 1. The molecule has 2 atom stereocenters. The highest BCUT2D eigenvalue weighted by Crippen LogP contribution is 2.38. The summed E-state index contributed by atoms with van der Waals surface area (Å²) in [6.45, 7) is 10.9. The Morgan fingerprint density at radius 1 is 1.25 bits per heavy atom. The highest BCUT2D eigenvalue weighted by atomic mass is 32.2. The number of aryl methyl sites for hydroxylation is 1. The van der Waals surface area contributed by atoms with Crippen molar-refractivity contribution in [3.05, 3.63) is 70.9 Å². The smallest absolute Gasteiger partial charge is 0.231 e. The summed E-state index contributed by atoms with van der Waals surface area (Å²) < 4.78 is 21.3. The van der Waals surface area contributed by atoms with Crippen molar-refractivity contribution in [2.24, 2.45) is 0 Å². The third-order valence-corrected chi connectivity index (χ3v) is 8.44. The van der Waals surface area contributed by atoms with Gasteiger partial charge < -0.3 is 26.2 Å². The maximum atomic E-state index is 13.7.